The number of nitrogens with zero attached hydrogens (tertiary/aromatic N) is 3. The zero-order valence-electron chi connectivity index (χ0n) is 15.3. The Morgan fingerprint density at radius 3 is 2.38 bits per heavy atom. The minimum atomic E-state index is -0.0785. The van der Waals surface area contributed by atoms with E-state index in [1.807, 2.05) is 33.2 Å². The number of rotatable bonds is 7. The molecule has 6 heteroatoms. The quantitative estimate of drug-likeness (QED) is 0.802. The summed E-state index contributed by atoms with van der Waals surface area (Å²) in [4.78, 5) is 18.9. The van der Waals surface area contributed by atoms with E-state index in [1.165, 1.54) is 5.69 Å². The van der Waals surface area contributed by atoms with Crippen LogP contribution in [0.2, 0.25) is 0 Å². The van der Waals surface area contributed by atoms with Gasteiger partial charge in [0.1, 0.15) is 5.75 Å². The largest absolute Gasteiger partial charge is 0.497 e. The predicted octanol–water partition coefficient (Wildman–Crippen LogP) is 0.884. The van der Waals surface area contributed by atoms with Crippen LogP contribution in [0.4, 0.5) is 5.69 Å². The zero-order valence-corrected chi connectivity index (χ0v) is 15.3. The van der Waals surface area contributed by atoms with Crippen LogP contribution in [0.1, 0.15) is 6.92 Å². The fourth-order valence-corrected chi connectivity index (χ4v) is 2.88. The van der Waals surface area contributed by atoms with E-state index in [9.17, 15) is 4.79 Å². The van der Waals surface area contributed by atoms with E-state index in [-0.39, 0.29) is 11.9 Å². The first-order valence-electron chi connectivity index (χ1n) is 8.56. The van der Waals surface area contributed by atoms with Crippen LogP contribution >= 0.6 is 0 Å². The molecule has 0 aromatic heterocycles. The third kappa shape index (κ3) is 5.11. The number of carbonyl (C=O) groups is 1. The lowest BCUT2D eigenvalue weighted by atomic mass is 10.2. The van der Waals surface area contributed by atoms with E-state index in [4.69, 9.17) is 4.74 Å². The molecule has 1 heterocycles. The van der Waals surface area contributed by atoms with Crippen molar-refractivity contribution in [2.75, 3.05) is 65.4 Å². The lowest BCUT2D eigenvalue weighted by Gasteiger charge is -2.38. The Hall–Kier alpha value is -1.79. The lowest BCUT2D eigenvalue weighted by molar-refractivity contribution is -0.126. The molecule has 0 bridgehead atoms. The van der Waals surface area contributed by atoms with Crippen molar-refractivity contribution < 1.29 is 9.53 Å². The molecular formula is C18H30N4O2. The van der Waals surface area contributed by atoms with Gasteiger partial charge in [-0.05, 0) is 45.3 Å². The molecule has 0 radical (unpaired) electrons. The van der Waals surface area contributed by atoms with Gasteiger partial charge in [0.15, 0.2) is 0 Å². The van der Waals surface area contributed by atoms with Gasteiger partial charge in [-0.1, -0.05) is 0 Å². The van der Waals surface area contributed by atoms with E-state index in [1.54, 1.807) is 7.11 Å². The number of anilines is 1. The second kappa shape index (κ2) is 8.89. The smallest absolute Gasteiger partial charge is 0.237 e. The molecule has 2 rings (SSSR count). The van der Waals surface area contributed by atoms with Crippen LogP contribution in [0.15, 0.2) is 24.3 Å². The van der Waals surface area contributed by atoms with E-state index in [0.717, 1.165) is 38.5 Å². The molecule has 1 fully saturated rings. The van der Waals surface area contributed by atoms with Gasteiger partial charge in [-0.2, -0.15) is 0 Å². The van der Waals surface area contributed by atoms with Gasteiger partial charge < -0.3 is 19.9 Å². The topological polar surface area (TPSA) is 48.1 Å². The highest BCUT2D eigenvalue weighted by atomic mass is 16.5. The number of carbonyl (C=O) groups excluding carboxylic acids is 1. The molecule has 1 aromatic carbocycles. The summed E-state index contributed by atoms with van der Waals surface area (Å²) in [6.45, 7) is 7.21. The van der Waals surface area contributed by atoms with Gasteiger partial charge in [0, 0.05) is 45.0 Å². The van der Waals surface area contributed by atoms with Crippen molar-refractivity contribution in [1.29, 1.82) is 0 Å². The highest BCUT2D eigenvalue weighted by Crippen LogP contribution is 2.21. The Labute approximate surface area is 145 Å². The fraction of sp³-hybridized carbons (Fsp3) is 0.611. The van der Waals surface area contributed by atoms with E-state index < -0.39 is 0 Å². The van der Waals surface area contributed by atoms with Crippen LogP contribution in [0.3, 0.4) is 0 Å². The number of benzene rings is 1. The molecule has 134 valence electrons. The van der Waals surface area contributed by atoms with Crippen molar-refractivity contribution in [2.24, 2.45) is 0 Å². The maximum Gasteiger partial charge on any atom is 0.237 e. The number of hydrogen-bond donors (Lipinski definition) is 1. The molecule has 1 N–H and O–H groups in total. The molecular weight excluding hydrogens is 304 g/mol. The molecule has 24 heavy (non-hydrogen) atoms. The van der Waals surface area contributed by atoms with Crippen molar-refractivity contribution >= 4 is 11.6 Å². The van der Waals surface area contributed by atoms with Gasteiger partial charge in [0.05, 0.1) is 13.2 Å². The van der Waals surface area contributed by atoms with Crippen LogP contribution in [0, 0.1) is 0 Å². The SMILES string of the molecule is COc1ccc(N2CCN([C@@H](C)C(=O)NCCN(C)C)CC2)cc1. The fourth-order valence-electron chi connectivity index (χ4n) is 2.88. The second-order valence-corrected chi connectivity index (χ2v) is 6.49. The van der Waals surface area contributed by atoms with Gasteiger partial charge in [-0.15, -0.1) is 0 Å². The molecule has 1 aliphatic heterocycles. The minimum absolute atomic E-state index is 0.0785. The number of ether oxygens (including phenoxy) is 1. The number of piperazine rings is 1. The van der Waals surface area contributed by atoms with Crippen LogP contribution < -0.4 is 15.0 Å². The van der Waals surface area contributed by atoms with Crippen molar-refractivity contribution in [3.8, 4) is 5.75 Å². The summed E-state index contributed by atoms with van der Waals surface area (Å²) in [7, 11) is 5.70. The number of nitrogens with one attached hydrogen (secondary N) is 1. The molecule has 1 aromatic rings. The molecule has 1 atom stereocenters. The maximum atomic E-state index is 12.2. The Bertz CT molecular complexity index is 510. The molecule has 6 nitrogen and oxygen atoms in total. The van der Waals surface area contributed by atoms with Gasteiger partial charge in [-0.3, -0.25) is 9.69 Å². The summed E-state index contributed by atoms with van der Waals surface area (Å²) in [5, 5.41) is 3.02. The van der Waals surface area contributed by atoms with Gasteiger partial charge in [0.25, 0.3) is 0 Å². The highest BCUT2D eigenvalue weighted by molar-refractivity contribution is 5.81. The minimum Gasteiger partial charge on any atom is -0.497 e. The molecule has 0 saturated carbocycles. The Morgan fingerprint density at radius 2 is 1.83 bits per heavy atom. The Balaban J connectivity index is 1.79. The first kappa shape index (κ1) is 18.5. The number of likely N-dealkylation sites (N-methyl/N-ethyl adjacent to an activating group) is 1. The van der Waals surface area contributed by atoms with Gasteiger partial charge in [-0.25, -0.2) is 0 Å². The summed E-state index contributed by atoms with van der Waals surface area (Å²) in [5.41, 5.74) is 1.21. The maximum absolute atomic E-state index is 12.2. The molecule has 0 aliphatic carbocycles. The molecule has 1 saturated heterocycles. The number of amides is 1. The predicted molar refractivity (Wildman–Crippen MR) is 97.8 cm³/mol. The van der Waals surface area contributed by atoms with Crippen molar-refractivity contribution in [3.05, 3.63) is 24.3 Å². The van der Waals surface area contributed by atoms with Crippen molar-refractivity contribution in [2.45, 2.75) is 13.0 Å². The monoisotopic (exact) mass is 334 g/mol. The normalized spacial score (nSPS) is 17.0. The van der Waals surface area contributed by atoms with E-state index in [0.29, 0.717) is 6.54 Å². The van der Waals surface area contributed by atoms with Crippen LogP contribution in [-0.4, -0.2) is 82.2 Å². The third-order valence-electron chi connectivity index (χ3n) is 4.54. The molecule has 0 unspecified atom stereocenters. The number of hydrogen-bond acceptors (Lipinski definition) is 5. The summed E-state index contributed by atoms with van der Waals surface area (Å²) in [6.07, 6.45) is 0. The Morgan fingerprint density at radius 1 is 1.21 bits per heavy atom. The van der Waals surface area contributed by atoms with E-state index >= 15 is 0 Å². The Kier molecular flexibility index (Phi) is 6.87. The van der Waals surface area contributed by atoms with Crippen molar-refractivity contribution in [1.82, 2.24) is 15.1 Å². The second-order valence-electron chi connectivity index (χ2n) is 6.49. The van der Waals surface area contributed by atoms with Crippen LogP contribution in [0.5, 0.6) is 5.75 Å². The summed E-state index contributed by atoms with van der Waals surface area (Å²) in [6, 6.07) is 8.08. The molecule has 1 amide bonds. The molecule has 0 spiro atoms. The standard InChI is InChI=1S/C18H30N4O2/c1-15(18(23)19-9-10-20(2)3)21-11-13-22(14-12-21)16-5-7-17(24-4)8-6-16/h5-8,15H,9-14H2,1-4H3,(H,19,23)/t15-/m0/s1. The number of methoxy groups -OCH3 is 1. The first-order valence-corrected chi connectivity index (χ1v) is 8.56. The zero-order chi connectivity index (χ0) is 17.5. The van der Waals surface area contributed by atoms with Crippen LogP contribution in [0.25, 0.3) is 0 Å². The first-order chi connectivity index (χ1) is 11.5. The van der Waals surface area contributed by atoms with Crippen LogP contribution in [-0.2, 0) is 4.79 Å². The highest BCUT2D eigenvalue weighted by Gasteiger charge is 2.25. The van der Waals surface area contributed by atoms with E-state index in [2.05, 4.69) is 32.1 Å². The van der Waals surface area contributed by atoms with Gasteiger partial charge >= 0.3 is 0 Å². The molecule has 1 aliphatic rings. The van der Waals surface area contributed by atoms with Gasteiger partial charge in [0.2, 0.25) is 5.91 Å². The summed E-state index contributed by atoms with van der Waals surface area (Å²) in [5.74, 6) is 0.996. The average Bonchev–Trinajstić information content (AvgIpc) is 2.61. The van der Waals surface area contributed by atoms with Crippen molar-refractivity contribution in [3.63, 3.8) is 0 Å². The third-order valence-corrected chi connectivity index (χ3v) is 4.54. The average molecular weight is 334 g/mol. The lowest BCUT2D eigenvalue weighted by Crippen LogP contribution is -2.54. The summed E-state index contributed by atoms with van der Waals surface area (Å²) < 4.78 is 5.20. The summed E-state index contributed by atoms with van der Waals surface area (Å²) >= 11 is 0.